The first-order valence-electron chi connectivity index (χ1n) is 9.42. The quantitative estimate of drug-likeness (QED) is 0.0789. The number of hydrazine groups is 1. The maximum Gasteiger partial charge on any atom is 0.326 e. The smallest absolute Gasteiger partial charge is 0.326 e. The summed E-state index contributed by atoms with van der Waals surface area (Å²) in [6.45, 7) is 1.61. The Kier molecular flexibility index (Phi) is 15.2. The molecule has 2 heterocycles. The fourth-order valence-electron chi connectivity index (χ4n) is 2.73. The number of carboxylic acid groups (broad SMARTS) is 1. The Hall–Kier alpha value is -1.76. The molecule has 2 saturated heterocycles. The molecular weight excluding hydrogens is 386 g/mol. The maximum atomic E-state index is 11.1. The van der Waals surface area contributed by atoms with E-state index in [9.17, 15) is 14.4 Å². The number of hydrogen-bond acceptors (Lipinski definition) is 7. The summed E-state index contributed by atoms with van der Waals surface area (Å²) in [5.74, 6) is 4.68. The zero-order chi connectivity index (χ0) is 21.4. The Labute approximate surface area is 170 Å². The average molecular weight is 422 g/mol. The lowest BCUT2D eigenvalue weighted by Gasteiger charge is -2.16. The van der Waals surface area contributed by atoms with Gasteiger partial charge in [0.05, 0.1) is 12.1 Å². The van der Waals surface area contributed by atoms with E-state index in [-0.39, 0.29) is 24.5 Å². The zero-order valence-electron chi connectivity index (χ0n) is 16.2. The highest BCUT2D eigenvalue weighted by molar-refractivity contribution is 8.00. The van der Waals surface area contributed by atoms with Gasteiger partial charge in [-0.25, -0.2) is 15.4 Å². The molecule has 2 fully saturated rings. The molecule has 0 unspecified atom stereocenters. The average Bonchev–Trinajstić information content (AvgIpc) is 3.19. The van der Waals surface area contributed by atoms with E-state index in [0.717, 1.165) is 50.9 Å². The molecule has 2 aliphatic rings. The summed E-state index contributed by atoms with van der Waals surface area (Å²) < 4.78 is 0. The van der Waals surface area contributed by atoms with Crippen molar-refractivity contribution >= 4 is 29.8 Å². The van der Waals surface area contributed by atoms with Gasteiger partial charge in [-0.05, 0) is 38.8 Å². The van der Waals surface area contributed by atoms with Crippen molar-refractivity contribution in [1.29, 1.82) is 0 Å². The van der Waals surface area contributed by atoms with Crippen molar-refractivity contribution in [3.8, 4) is 0 Å². The third-order valence-electron chi connectivity index (χ3n) is 4.12. The van der Waals surface area contributed by atoms with E-state index in [0.29, 0.717) is 5.25 Å². The number of hydrogen-bond donors (Lipinski definition) is 8. The third kappa shape index (κ3) is 12.6. The molecule has 0 saturated carbocycles. The van der Waals surface area contributed by atoms with Crippen molar-refractivity contribution < 1.29 is 19.5 Å². The highest BCUT2D eigenvalue weighted by Crippen LogP contribution is 2.33. The van der Waals surface area contributed by atoms with Crippen LogP contribution < -0.4 is 39.1 Å². The number of thioether (sulfide) groups is 1. The molecule has 12 N–H and O–H groups in total. The van der Waals surface area contributed by atoms with Crippen LogP contribution in [0.15, 0.2) is 0 Å². The van der Waals surface area contributed by atoms with Crippen LogP contribution in [0, 0.1) is 0 Å². The normalized spacial score (nSPS) is 21.8. The Morgan fingerprint density at radius 3 is 2.21 bits per heavy atom. The number of rotatable bonds is 9. The number of aliphatic carboxylic acids is 1. The number of carbonyl (C=O) groups is 3. The summed E-state index contributed by atoms with van der Waals surface area (Å²) in [7, 11) is 0. The van der Waals surface area contributed by atoms with Gasteiger partial charge in [-0.15, -0.1) is 0 Å². The lowest BCUT2D eigenvalue weighted by molar-refractivity contribution is -0.137. The van der Waals surface area contributed by atoms with E-state index in [1.165, 1.54) is 6.42 Å². The van der Waals surface area contributed by atoms with Crippen LogP contribution in [-0.4, -0.2) is 59.3 Å². The minimum absolute atomic E-state index is 0.0640. The van der Waals surface area contributed by atoms with Gasteiger partial charge in [0.2, 0.25) is 0 Å². The van der Waals surface area contributed by atoms with Crippen LogP contribution in [0.4, 0.5) is 9.59 Å². The van der Waals surface area contributed by atoms with E-state index >= 15 is 0 Å². The fraction of sp³-hybridized carbons (Fsp3) is 0.812. The van der Waals surface area contributed by atoms with Crippen LogP contribution in [0.1, 0.15) is 44.9 Å². The number of amides is 4. The molecule has 2 aliphatic heterocycles. The molecule has 0 aliphatic carbocycles. The Bertz CT molecular complexity index is 466. The second-order valence-electron chi connectivity index (χ2n) is 6.41. The predicted octanol–water partition coefficient (Wildman–Crippen LogP) is -0.601. The molecule has 11 nitrogen and oxygen atoms in total. The lowest BCUT2D eigenvalue weighted by atomic mass is 10.0. The number of fused-ring (bicyclic) bond motifs is 1. The monoisotopic (exact) mass is 421 g/mol. The largest absolute Gasteiger partial charge is 0.481 e. The first-order valence-corrected chi connectivity index (χ1v) is 10.5. The molecule has 4 amide bonds. The molecule has 28 heavy (non-hydrogen) atoms. The Morgan fingerprint density at radius 2 is 1.71 bits per heavy atom. The standard InChI is InChI=1S/C10H16N2O3S.C5H14N2.CH5N3O/c13-8(14)4-2-1-3-7-9-6(5-16-7)11-10(15)12-9;6-4-2-1-3-5-7;2-1(5)4-3/h6-7,9H,1-5H2,(H,13,14)(H2,11,12,15);1-7H2;3H2,(H3,2,4,5)/t6-,7-,9-;;/m0../s1. The van der Waals surface area contributed by atoms with Crippen molar-refractivity contribution in [3.63, 3.8) is 0 Å². The number of nitrogens with one attached hydrogen (secondary N) is 3. The van der Waals surface area contributed by atoms with Crippen LogP contribution in [0.5, 0.6) is 0 Å². The van der Waals surface area contributed by atoms with Gasteiger partial charge < -0.3 is 32.9 Å². The summed E-state index contributed by atoms with van der Waals surface area (Å²) in [5, 5.41) is 14.8. The van der Waals surface area contributed by atoms with Crippen molar-refractivity contribution in [2.24, 2.45) is 23.0 Å². The first kappa shape index (κ1) is 26.2. The maximum absolute atomic E-state index is 11.1. The number of carboxylic acids is 1. The molecular formula is C16H35N7O4S. The van der Waals surface area contributed by atoms with Crippen molar-refractivity contribution in [3.05, 3.63) is 0 Å². The topological polar surface area (TPSA) is 212 Å². The summed E-state index contributed by atoms with van der Waals surface area (Å²) in [6, 6.07) is -0.278. The molecule has 0 spiro atoms. The van der Waals surface area contributed by atoms with E-state index in [4.69, 9.17) is 16.6 Å². The highest BCUT2D eigenvalue weighted by Gasteiger charge is 2.42. The summed E-state index contributed by atoms with van der Waals surface area (Å²) >= 11 is 1.87. The third-order valence-corrected chi connectivity index (χ3v) is 5.63. The van der Waals surface area contributed by atoms with E-state index in [1.807, 2.05) is 11.8 Å². The van der Waals surface area contributed by atoms with Crippen LogP contribution >= 0.6 is 11.8 Å². The molecule has 2 rings (SSSR count). The Balaban J connectivity index is 0.000000507. The minimum atomic E-state index is -0.729. The molecule has 0 radical (unpaired) electrons. The second-order valence-corrected chi connectivity index (χ2v) is 7.68. The van der Waals surface area contributed by atoms with Gasteiger partial charge in [0.15, 0.2) is 0 Å². The first-order chi connectivity index (χ1) is 13.3. The van der Waals surface area contributed by atoms with Crippen molar-refractivity contribution in [2.75, 3.05) is 18.8 Å². The van der Waals surface area contributed by atoms with Gasteiger partial charge in [-0.2, -0.15) is 11.8 Å². The number of primary amides is 1. The summed E-state index contributed by atoms with van der Waals surface area (Å²) in [6.07, 6.45) is 6.31. The summed E-state index contributed by atoms with van der Waals surface area (Å²) in [5.41, 5.74) is 16.5. The van der Waals surface area contributed by atoms with E-state index in [2.05, 4.69) is 22.2 Å². The second kappa shape index (κ2) is 16.2. The van der Waals surface area contributed by atoms with Gasteiger partial charge >= 0.3 is 18.0 Å². The van der Waals surface area contributed by atoms with Gasteiger partial charge in [0.1, 0.15) is 0 Å². The van der Waals surface area contributed by atoms with E-state index < -0.39 is 12.0 Å². The minimum Gasteiger partial charge on any atom is -0.481 e. The predicted molar refractivity (Wildman–Crippen MR) is 110 cm³/mol. The van der Waals surface area contributed by atoms with Crippen LogP contribution in [0.3, 0.4) is 0 Å². The SMILES string of the molecule is NCCCCCN.NNC(N)=O.O=C(O)CCCC[C@@H]1SC[C@@H]2NC(=O)N[C@@H]21. The molecule has 3 atom stereocenters. The molecule has 0 aromatic heterocycles. The molecule has 0 bridgehead atoms. The van der Waals surface area contributed by atoms with Crippen LogP contribution in [-0.2, 0) is 4.79 Å². The molecule has 12 heteroatoms. The Morgan fingerprint density at radius 1 is 1.11 bits per heavy atom. The van der Waals surface area contributed by atoms with E-state index in [1.54, 1.807) is 5.43 Å². The molecule has 164 valence electrons. The van der Waals surface area contributed by atoms with Gasteiger partial charge in [0, 0.05) is 17.4 Å². The van der Waals surface area contributed by atoms with Crippen molar-refractivity contribution in [2.45, 2.75) is 62.3 Å². The number of unbranched alkanes of at least 4 members (excludes halogenated alkanes) is 3. The lowest BCUT2D eigenvalue weighted by Crippen LogP contribution is -2.36. The number of nitrogens with two attached hydrogens (primary N) is 4. The number of urea groups is 2. The molecule has 0 aromatic carbocycles. The fourth-order valence-corrected chi connectivity index (χ4v) is 4.27. The van der Waals surface area contributed by atoms with Crippen molar-refractivity contribution in [1.82, 2.24) is 16.1 Å². The highest BCUT2D eigenvalue weighted by atomic mass is 32.2. The van der Waals surface area contributed by atoms with Crippen LogP contribution in [0.2, 0.25) is 0 Å². The van der Waals surface area contributed by atoms with Gasteiger partial charge in [-0.1, -0.05) is 12.8 Å². The zero-order valence-corrected chi connectivity index (χ0v) is 17.0. The number of carbonyl (C=O) groups excluding carboxylic acids is 2. The van der Waals surface area contributed by atoms with Crippen LogP contribution in [0.25, 0.3) is 0 Å². The van der Waals surface area contributed by atoms with Gasteiger partial charge in [-0.3, -0.25) is 10.2 Å². The summed E-state index contributed by atoms with van der Waals surface area (Å²) in [4.78, 5) is 30.8. The van der Waals surface area contributed by atoms with Gasteiger partial charge in [0.25, 0.3) is 0 Å². The molecule has 0 aromatic rings.